The summed E-state index contributed by atoms with van der Waals surface area (Å²) in [6, 6.07) is 0. The van der Waals surface area contributed by atoms with Gasteiger partial charge in [-0.25, -0.2) is 9.37 Å². The van der Waals surface area contributed by atoms with Crippen LogP contribution in [-0.2, 0) is 5.67 Å². The standard InChI is InChI=1S/C9H13FN4/c10-9(3-4-11-5-9)8-12-7(13-14-8)6-1-2-6/h6,11H,1-5H2,(H,12,13,14). The van der Waals surface area contributed by atoms with Crippen molar-refractivity contribution in [2.75, 3.05) is 13.1 Å². The number of aromatic nitrogens is 3. The van der Waals surface area contributed by atoms with Crippen molar-refractivity contribution in [1.29, 1.82) is 0 Å². The molecule has 1 aliphatic carbocycles. The predicted octanol–water partition coefficient (Wildman–Crippen LogP) is 0.840. The molecule has 1 aromatic heterocycles. The lowest BCUT2D eigenvalue weighted by molar-refractivity contribution is 0.180. The van der Waals surface area contributed by atoms with Gasteiger partial charge in [0.15, 0.2) is 11.5 Å². The summed E-state index contributed by atoms with van der Waals surface area (Å²) < 4.78 is 14.1. The molecule has 0 radical (unpaired) electrons. The van der Waals surface area contributed by atoms with E-state index in [2.05, 4.69) is 20.5 Å². The largest absolute Gasteiger partial charge is 0.313 e. The molecule has 2 aliphatic rings. The maximum Gasteiger partial charge on any atom is 0.189 e. The zero-order valence-corrected chi connectivity index (χ0v) is 7.89. The molecule has 1 atom stereocenters. The fraction of sp³-hybridized carbons (Fsp3) is 0.778. The number of nitrogens with one attached hydrogen (secondary N) is 2. The Kier molecular flexibility index (Phi) is 1.65. The van der Waals surface area contributed by atoms with E-state index in [4.69, 9.17) is 0 Å². The zero-order valence-electron chi connectivity index (χ0n) is 7.89. The predicted molar refractivity (Wildman–Crippen MR) is 48.6 cm³/mol. The van der Waals surface area contributed by atoms with Gasteiger partial charge in [-0.15, -0.1) is 0 Å². The van der Waals surface area contributed by atoms with E-state index in [-0.39, 0.29) is 0 Å². The molecular formula is C9H13FN4. The van der Waals surface area contributed by atoms with Crippen LogP contribution in [0.5, 0.6) is 0 Å². The second-order valence-electron chi connectivity index (χ2n) is 4.21. The second-order valence-corrected chi connectivity index (χ2v) is 4.21. The molecule has 1 unspecified atom stereocenters. The molecule has 0 spiro atoms. The highest BCUT2D eigenvalue weighted by Gasteiger charge is 2.40. The maximum absolute atomic E-state index is 14.1. The van der Waals surface area contributed by atoms with Crippen LogP contribution < -0.4 is 5.32 Å². The Hall–Kier alpha value is -0.970. The summed E-state index contributed by atoms with van der Waals surface area (Å²) in [5.74, 6) is 1.71. The number of halogens is 1. The highest BCUT2D eigenvalue weighted by atomic mass is 19.1. The molecule has 4 nitrogen and oxygen atoms in total. The number of hydrogen-bond acceptors (Lipinski definition) is 3. The maximum atomic E-state index is 14.1. The summed E-state index contributed by atoms with van der Waals surface area (Å²) in [5, 5.41) is 9.82. The zero-order chi connectivity index (χ0) is 9.60. The molecule has 76 valence electrons. The molecule has 0 aromatic carbocycles. The first-order chi connectivity index (χ1) is 6.78. The van der Waals surface area contributed by atoms with Gasteiger partial charge in [-0.2, -0.15) is 5.10 Å². The van der Waals surface area contributed by atoms with Crippen LogP contribution in [0.3, 0.4) is 0 Å². The SMILES string of the molecule is FC1(c2n[nH]c(C3CC3)n2)CCNC1. The van der Waals surface area contributed by atoms with Crippen molar-refractivity contribution in [1.82, 2.24) is 20.5 Å². The van der Waals surface area contributed by atoms with Crippen LogP contribution in [0.4, 0.5) is 4.39 Å². The molecule has 3 rings (SSSR count). The summed E-state index contributed by atoms with van der Waals surface area (Å²) in [4.78, 5) is 4.24. The molecule has 5 heteroatoms. The third-order valence-electron chi connectivity index (χ3n) is 2.97. The minimum Gasteiger partial charge on any atom is -0.313 e. The van der Waals surface area contributed by atoms with Crippen LogP contribution in [0.15, 0.2) is 0 Å². The van der Waals surface area contributed by atoms with Crippen molar-refractivity contribution >= 4 is 0 Å². The first-order valence-corrected chi connectivity index (χ1v) is 5.10. The first-order valence-electron chi connectivity index (χ1n) is 5.10. The normalized spacial score (nSPS) is 32.4. The molecule has 2 N–H and O–H groups in total. The van der Waals surface area contributed by atoms with Crippen LogP contribution >= 0.6 is 0 Å². The molecule has 2 heterocycles. The van der Waals surface area contributed by atoms with Gasteiger partial charge in [0, 0.05) is 18.9 Å². The highest BCUT2D eigenvalue weighted by Crippen LogP contribution is 2.39. The Morgan fingerprint density at radius 3 is 2.93 bits per heavy atom. The lowest BCUT2D eigenvalue weighted by Gasteiger charge is -2.12. The van der Waals surface area contributed by atoms with E-state index in [9.17, 15) is 4.39 Å². The third kappa shape index (κ3) is 1.23. The Balaban J connectivity index is 1.87. The molecule has 14 heavy (non-hydrogen) atoms. The van der Waals surface area contributed by atoms with E-state index >= 15 is 0 Å². The van der Waals surface area contributed by atoms with Crippen LogP contribution in [-0.4, -0.2) is 28.3 Å². The van der Waals surface area contributed by atoms with Crippen LogP contribution in [0.2, 0.25) is 0 Å². The minimum absolute atomic E-state index is 0.337. The van der Waals surface area contributed by atoms with Crippen molar-refractivity contribution in [3.8, 4) is 0 Å². The van der Waals surface area contributed by atoms with E-state index in [0.717, 1.165) is 18.7 Å². The molecule has 1 saturated heterocycles. The topological polar surface area (TPSA) is 53.6 Å². The summed E-state index contributed by atoms with van der Waals surface area (Å²) in [6.07, 6.45) is 2.80. The Morgan fingerprint density at radius 1 is 1.43 bits per heavy atom. The number of nitrogens with zero attached hydrogens (tertiary/aromatic N) is 2. The highest BCUT2D eigenvalue weighted by molar-refractivity contribution is 5.11. The van der Waals surface area contributed by atoms with Crippen LogP contribution in [0, 0.1) is 0 Å². The Labute approximate surface area is 81.3 Å². The van der Waals surface area contributed by atoms with Crippen LogP contribution in [0.25, 0.3) is 0 Å². The monoisotopic (exact) mass is 196 g/mol. The summed E-state index contributed by atoms with van der Waals surface area (Å²) >= 11 is 0. The fourth-order valence-corrected chi connectivity index (χ4v) is 1.87. The molecule has 0 bridgehead atoms. The summed E-state index contributed by atoms with van der Waals surface area (Å²) in [7, 11) is 0. The first kappa shape index (κ1) is 8.35. The second kappa shape index (κ2) is 2.76. The van der Waals surface area contributed by atoms with Gasteiger partial charge in [0.2, 0.25) is 0 Å². The van der Waals surface area contributed by atoms with Gasteiger partial charge in [0.05, 0.1) is 0 Å². The van der Waals surface area contributed by atoms with Gasteiger partial charge in [-0.1, -0.05) is 0 Å². The smallest absolute Gasteiger partial charge is 0.189 e. The number of H-pyrrole nitrogens is 1. The average molecular weight is 196 g/mol. The molecule has 1 saturated carbocycles. The van der Waals surface area contributed by atoms with Gasteiger partial charge in [0.25, 0.3) is 0 Å². The number of aromatic amines is 1. The molecular weight excluding hydrogens is 183 g/mol. The lowest BCUT2D eigenvalue weighted by atomic mass is 10.1. The Morgan fingerprint density at radius 2 is 2.29 bits per heavy atom. The van der Waals surface area contributed by atoms with Gasteiger partial charge in [-0.05, 0) is 19.4 Å². The van der Waals surface area contributed by atoms with Crippen LogP contribution in [0.1, 0.15) is 36.8 Å². The lowest BCUT2D eigenvalue weighted by Crippen LogP contribution is -2.24. The van der Waals surface area contributed by atoms with Gasteiger partial charge < -0.3 is 5.32 Å². The minimum atomic E-state index is -1.34. The fourth-order valence-electron chi connectivity index (χ4n) is 1.87. The van der Waals surface area contributed by atoms with Gasteiger partial charge in [0.1, 0.15) is 5.82 Å². The quantitative estimate of drug-likeness (QED) is 0.737. The van der Waals surface area contributed by atoms with Crippen molar-refractivity contribution < 1.29 is 4.39 Å². The van der Waals surface area contributed by atoms with E-state index in [1.165, 1.54) is 0 Å². The molecule has 1 aromatic rings. The number of rotatable bonds is 2. The average Bonchev–Trinajstić information content (AvgIpc) is 2.75. The van der Waals surface area contributed by atoms with Crippen molar-refractivity contribution in [3.05, 3.63) is 11.6 Å². The molecule has 0 amide bonds. The number of alkyl halides is 1. The van der Waals surface area contributed by atoms with Crippen molar-refractivity contribution in [2.24, 2.45) is 0 Å². The Bertz CT molecular complexity index is 338. The van der Waals surface area contributed by atoms with Gasteiger partial charge in [-0.3, -0.25) is 5.10 Å². The van der Waals surface area contributed by atoms with Crippen molar-refractivity contribution in [2.45, 2.75) is 30.8 Å². The van der Waals surface area contributed by atoms with Crippen molar-refractivity contribution in [3.63, 3.8) is 0 Å². The van der Waals surface area contributed by atoms with E-state index in [1.54, 1.807) is 0 Å². The molecule has 2 fully saturated rings. The van der Waals surface area contributed by atoms with Gasteiger partial charge >= 0.3 is 0 Å². The third-order valence-corrected chi connectivity index (χ3v) is 2.97. The summed E-state index contributed by atoms with van der Waals surface area (Å²) in [5.41, 5.74) is -1.34. The van der Waals surface area contributed by atoms with E-state index in [1.807, 2.05) is 0 Å². The van der Waals surface area contributed by atoms with E-state index in [0.29, 0.717) is 31.3 Å². The summed E-state index contributed by atoms with van der Waals surface area (Å²) in [6.45, 7) is 1.05. The number of hydrogen-bond donors (Lipinski definition) is 2. The molecule has 1 aliphatic heterocycles. The van der Waals surface area contributed by atoms with E-state index < -0.39 is 5.67 Å².